The fourth-order valence-electron chi connectivity index (χ4n) is 3.48. The molecule has 1 aromatic heterocycles. The van der Waals surface area contributed by atoms with E-state index in [2.05, 4.69) is 35.1 Å². The van der Waals surface area contributed by atoms with Gasteiger partial charge in [-0.05, 0) is 45.7 Å². The maximum absolute atomic E-state index is 12.2. The third-order valence-electron chi connectivity index (χ3n) is 4.92. The summed E-state index contributed by atoms with van der Waals surface area (Å²) in [7, 11) is 0. The average molecular weight is 386 g/mol. The second-order valence-electron chi connectivity index (χ2n) is 8.22. The van der Waals surface area contributed by atoms with E-state index < -0.39 is 5.60 Å². The predicted octanol–water partition coefficient (Wildman–Crippen LogP) is 2.89. The molecule has 3 N–H and O–H groups in total. The van der Waals surface area contributed by atoms with E-state index in [-0.39, 0.29) is 6.09 Å². The molecule has 0 spiro atoms. The van der Waals surface area contributed by atoms with Gasteiger partial charge in [0.2, 0.25) is 0 Å². The van der Waals surface area contributed by atoms with Gasteiger partial charge in [-0.25, -0.2) is 4.79 Å². The second-order valence-corrected chi connectivity index (χ2v) is 8.22. The van der Waals surface area contributed by atoms with Crippen molar-refractivity contribution in [2.24, 2.45) is 10.7 Å². The summed E-state index contributed by atoms with van der Waals surface area (Å²) in [5.41, 5.74) is 9.35. The average Bonchev–Trinajstić information content (AvgIpc) is 2.96. The summed E-state index contributed by atoms with van der Waals surface area (Å²) in [6.07, 6.45) is 0.575. The number of ether oxygens (including phenoxy) is 1. The first-order chi connectivity index (χ1) is 13.2. The van der Waals surface area contributed by atoms with Gasteiger partial charge in [-0.1, -0.05) is 18.2 Å². The van der Waals surface area contributed by atoms with E-state index in [1.54, 1.807) is 4.90 Å². The SMILES string of the molecule is Cc1[nH]c2ccccc2c1CCN=C(N)N1CCN(C(=O)OC(C)(C)C)CC1. The Hall–Kier alpha value is -2.70. The zero-order chi connectivity index (χ0) is 20.3. The molecular weight excluding hydrogens is 354 g/mol. The highest BCUT2D eigenvalue weighted by molar-refractivity contribution is 5.84. The zero-order valence-corrected chi connectivity index (χ0v) is 17.3. The van der Waals surface area contributed by atoms with E-state index in [4.69, 9.17) is 10.5 Å². The predicted molar refractivity (Wildman–Crippen MR) is 113 cm³/mol. The second kappa shape index (κ2) is 8.12. The summed E-state index contributed by atoms with van der Waals surface area (Å²) >= 11 is 0. The summed E-state index contributed by atoms with van der Waals surface area (Å²) < 4.78 is 5.43. The van der Waals surface area contributed by atoms with Crippen molar-refractivity contribution in [2.45, 2.75) is 39.7 Å². The Bertz CT molecular complexity index is 857. The summed E-state index contributed by atoms with van der Waals surface area (Å²) in [6, 6.07) is 8.32. The molecule has 2 aromatic rings. The van der Waals surface area contributed by atoms with E-state index in [9.17, 15) is 4.79 Å². The smallest absolute Gasteiger partial charge is 0.410 e. The zero-order valence-electron chi connectivity index (χ0n) is 17.3. The minimum absolute atomic E-state index is 0.266. The number of aliphatic imine (C=N–C) groups is 1. The minimum atomic E-state index is -0.477. The maximum atomic E-state index is 12.2. The van der Waals surface area contributed by atoms with Crippen molar-refractivity contribution >= 4 is 23.0 Å². The first-order valence-electron chi connectivity index (χ1n) is 9.83. The molecule has 28 heavy (non-hydrogen) atoms. The topological polar surface area (TPSA) is 87.0 Å². The third-order valence-corrected chi connectivity index (χ3v) is 4.92. The number of hydrogen-bond acceptors (Lipinski definition) is 3. The molecule has 7 nitrogen and oxygen atoms in total. The fourth-order valence-corrected chi connectivity index (χ4v) is 3.48. The van der Waals surface area contributed by atoms with Crippen LogP contribution in [0, 0.1) is 6.92 Å². The van der Waals surface area contributed by atoms with Gasteiger partial charge in [-0.15, -0.1) is 0 Å². The van der Waals surface area contributed by atoms with Crippen LogP contribution in [0.25, 0.3) is 10.9 Å². The van der Waals surface area contributed by atoms with Gasteiger partial charge >= 0.3 is 6.09 Å². The Kier molecular flexibility index (Phi) is 5.82. The van der Waals surface area contributed by atoms with Crippen LogP contribution in [0.3, 0.4) is 0 Å². The van der Waals surface area contributed by atoms with Crippen molar-refractivity contribution in [1.82, 2.24) is 14.8 Å². The molecule has 1 aliphatic rings. The number of benzene rings is 1. The van der Waals surface area contributed by atoms with Gasteiger partial charge in [-0.3, -0.25) is 4.99 Å². The number of fused-ring (bicyclic) bond motifs is 1. The lowest BCUT2D eigenvalue weighted by molar-refractivity contribution is 0.0186. The molecule has 0 radical (unpaired) electrons. The molecule has 0 bridgehead atoms. The molecule has 1 amide bonds. The van der Waals surface area contributed by atoms with Gasteiger partial charge in [0.05, 0.1) is 0 Å². The number of hydrogen-bond donors (Lipinski definition) is 2. The van der Waals surface area contributed by atoms with E-state index in [0.717, 1.165) is 11.9 Å². The Morgan fingerprint density at radius 3 is 2.50 bits per heavy atom. The normalized spacial score (nSPS) is 15.9. The number of nitrogens with one attached hydrogen (secondary N) is 1. The first kappa shape index (κ1) is 20.0. The van der Waals surface area contributed by atoms with E-state index in [1.165, 1.54) is 16.6 Å². The first-order valence-corrected chi connectivity index (χ1v) is 9.83. The van der Waals surface area contributed by atoms with Gasteiger partial charge in [0, 0.05) is 49.3 Å². The van der Waals surface area contributed by atoms with Gasteiger partial charge in [-0.2, -0.15) is 0 Å². The number of carbonyl (C=O) groups is 1. The number of aryl methyl sites for hydroxylation is 1. The molecule has 7 heteroatoms. The number of rotatable bonds is 3. The molecule has 1 saturated heterocycles. The number of piperazine rings is 1. The van der Waals surface area contributed by atoms with Crippen molar-refractivity contribution in [2.75, 3.05) is 32.7 Å². The maximum Gasteiger partial charge on any atom is 0.410 e. The van der Waals surface area contributed by atoms with Crippen LogP contribution < -0.4 is 5.73 Å². The summed E-state index contributed by atoms with van der Waals surface area (Å²) in [6.45, 7) is 10.9. The molecular formula is C21H31N5O2. The third kappa shape index (κ3) is 4.77. The van der Waals surface area contributed by atoms with E-state index >= 15 is 0 Å². The van der Waals surface area contributed by atoms with Crippen molar-refractivity contribution < 1.29 is 9.53 Å². The van der Waals surface area contributed by atoms with Crippen LogP contribution in [0.15, 0.2) is 29.3 Å². The van der Waals surface area contributed by atoms with Crippen molar-refractivity contribution in [1.29, 1.82) is 0 Å². The standard InChI is InChI=1S/C21H31N5O2/c1-15-16(17-7-5-6-8-18(17)24-15)9-10-23-19(22)25-11-13-26(14-12-25)20(27)28-21(2,3)4/h5-8,24H,9-14H2,1-4H3,(H2,22,23). The summed E-state index contributed by atoms with van der Waals surface area (Å²) in [5.74, 6) is 0.543. The van der Waals surface area contributed by atoms with Gasteiger partial charge < -0.3 is 25.3 Å². The minimum Gasteiger partial charge on any atom is -0.444 e. The summed E-state index contributed by atoms with van der Waals surface area (Å²) in [4.78, 5) is 23.9. The van der Waals surface area contributed by atoms with Gasteiger partial charge in [0.1, 0.15) is 5.60 Å². The molecule has 1 aliphatic heterocycles. The highest BCUT2D eigenvalue weighted by atomic mass is 16.6. The lowest BCUT2D eigenvalue weighted by Crippen LogP contribution is -2.53. The number of H-pyrrole nitrogens is 1. The quantitative estimate of drug-likeness (QED) is 0.628. The fraction of sp³-hybridized carbons (Fsp3) is 0.524. The number of nitrogens with zero attached hydrogens (tertiary/aromatic N) is 3. The van der Waals surface area contributed by atoms with Crippen LogP contribution in [-0.4, -0.2) is 65.2 Å². The Morgan fingerprint density at radius 2 is 1.82 bits per heavy atom. The van der Waals surface area contributed by atoms with Crippen LogP contribution >= 0.6 is 0 Å². The van der Waals surface area contributed by atoms with Crippen LogP contribution in [0.5, 0.6) is 0 Å². The van der Waals surface area contributed by atoms with Crippen LogP contribution in [0.1, 0.15) is 32.0 Å². The molecule has 3 rings (SSSR count). The number of nitrogens with two attached hydrogens (primary N) is 1. The Morgan fingerprint density at radius 1 is 1.18 bits per heavy atom. The molecule has 1 fully saturated rings. The Balaban J connectivity index is 1.52. The number of guanidine groups is 1. The monoisotopic (exact) mass is 385 g/mol. The van der Waals surface area contributed by atoms with Crippen LogP contribution in [-0.2, 0) is 11.2 Å². The molecule has 152 valence electrons. The number of para-hydroxylation sites is 1. The molecule has 0 saturated carbocycles. The molecule has 0 aliphatic carbocycles. The van der Waals surface area contributed by atoms with E-state index in [0.29, 0.717) is 38.7 Å². The van der Waals surface area contributed by atoms with Gasteiger partial charge in [0.15, 0.2) is 5.96 Å². The lowest BCUT2D eigenvalue weighted by atomic mass is 10.1. The highest BCUT2D eigenvalue weighted by Gasteiger charge is 2.26. The van der Waals surface area contributed by atoms with Crippen LogP contribution in [0.4, 0.5) is 4.79 Å². The molecule has 1 aromatic carbocycles. The number of aromatic nitrogens is 1. The van der Waals surface area contributed by atoms with Gasteiger partial charge in [0.25, 0.3) is 0 Å². The largest absolute Gasteiger partial charge is 0.444 e. The number of amides is 1. The van der Waals surface area contributed by atoms with Crippen molar-refractivity contribution in [3.63, 3.8) is 0 Å². The highest BCUT2D eigenvalue weighted by Crippen LogP contribution is 2.22. The van der Waals surface area contributed by atoms with Crippen molar-refractivity contribution in [3.05, 3.63) is 35.5 Å². The number of aromatic amines is 1. The molecule has 0 atom stereocenters. The van der Waals surface area contributed by atoms with Crippen molar-refractivity contribution in [3.8, 4) is 0 Å². The molecule has 2 heterocycles. The lowest BCUT2D eigenvalue weighted by Gasteiger charge is -2.36. The molecule has 0 unspecified atom stereocenters. The van der Waals surface area contributed by atoms with Crippen LogP contribution in [0.2, 0.25) is 0 Å². The summed E-state index contributed by atoms with van der Waals surface area (Å²) in [5, 5.41) is 1.25. The Labute approximate surface area is 166 Å². The number of carbonyl (C=O) groups excluding carboxylic acids is 1. The van der Waals surface area contributed by atoms with E-state index in [1.807, 2.05) is 31.7 Å².